The molecule has 0 fully saturated rings. The van der Waals surface area contributed by atoms with E-state index in [9.17, 15) is 0 Å². The summed E-state index contributed by atoms with van der Waals surface area (Å²) in [4.78, 5) is 0. The van der Waals surface area contributed by atoms with E-state index in [-0.39, 0.29) is 0 Å². The van der Waals surface area contributed by atoms with Crippen LogP contribution in [0.4, 0.5) is 22.7 Å². The van der Waals surface area contributed by atoms with Gasteiger partial charge in [0.2, 0.25) is 0 Å². The minimum absolute atomic E-state index is 1.06. The van der Waals surface area contributed by atoms with Gasteiger partial charge in [0.15, 0.2) is 0 Å². The molecule has 25 heavy (non-hydrogen) atoms. The molecule has 0 unspecified atom stereocenters. The number of anilines is 4. The minimum Gasteiger partial charge on any atom is -0.354 e. The molecule has 0 saturated carbocycles. The summed E-state index contributed by atoms with van der Waals surface area (Å²) in [6.45, 7) is 2.14. The van der Waals surface area contributed by atoms with Gasteiger partial charge in [-0.25, -0.2) is 0 Å². The number of benzene rings is 4. The number of aryl methyl sites for hydroxylation is 1. The highest BCUT2D eigenvalue weighted by Gasteiger charge is 2.08. The molecule has 0 aliphatic heterocycles. The van der Waals surface area contributed by atoms with Crippen molar-refractivity contribution in [2.75, 3.05) is 10.6 Å². The molecular weight excluding hydrogens is 304 g/mol. The summed E-state index contributed by atoms with van der Waals surface area (Å²) >= 11 is 0. The van der Waals surface area contributed by atoms with E-state index < -0.39 is 0 Å². The Labute approximate surface area is 148 Å². The fourth-order valence-electron chi connectivity index (χ4n) is 3.06. The molecule has 0 amide bonds. The van der Waals surface area contributed by atoms with Gasteiger partial charge in [-0.05, 0) is 42.1 Å². The van der Waals surface area contributed by atoms with Crippen LogP contribution < -0.4 is 10.6 Å². The van der Waals surface area contributed by atoms with Gasteiger partial charge in [-0.3, -0.25) is 0 Å². The highest BCUT2D eigenvalue weighted by molar-refractivity contribution is 5.98. The molecule has 4 rings (SSSR count). The molecule has 0 aromatic heterocycles. The standard InChI is InChI=1S/C23H20N2/c1-17-15-16-18-9-5-6-12-20(18)23(17)25-22-14-8-7-13-21(22)24-19-10-3-2-4-11-19/h2-16,24-25H,1H3. The third-order valence-corrected chi connectivity index (χ3v) is 4.38. The normalized spacial score (nSPS) is 10.6. The van der Waals surface area contributed by atoms with E-state index in [0.717, 1.165) is 22.7 Å². The summed E-state index contributed by atoms with van der Waals surface area (Å²) in [5.41, 5.74) is 5.58. The first-order valence-electron chi connectivity index (χ1n) is 8.48. The lowest BCUT2D eigenvalue weighted by molar-refractivity contribution is 1.45. The summed E-state index contributed by atoms with van der Waals surface area (Å²) in [6.07, 6.45) is 0. The molecule has 0 saturated heterocycles. The molecular formula is C23H20N2. The molecule has 0 aliphatic carbocycles. The second-order valence-corrected chi connectivity index (χ2v) is 6.14. The largest absolute Gasteiger partial charge is 0.354 e. The lowest BCUT2D eigenvalue weighted by Gasteiger charge is -2.17. The van der Waals surface area contributed by atoms with Crippen molar-refractivity contribution in [3.8, 4) is 0 Å². The third kappa shape index (κ3) is 3.20. The number of nitrogens with one attached hydrogen (secondary N) is 2. The Morgan fingerprint density at radius 1 is 0.560 bits per heavy atom. The van der Waals surface area contributed by atoms with Crippen molar-refractivity contribution in [1.82, 2.24) is 0 Å². The van der Waals surface area contributed by atoms with Crippen LogP contribution in [-0.2, 0) is 0 Å². The molecule has 4 aromatic carbocycles. The van der Waals surface area contributed by atoms with Crippen LogP contribution in [0.1, 0.15) is 5.56 Å². The smallest absolute Gasteiger partial charge is 0.0623 e. The Kier molecular flexibility index (Phi) is 4.09. The van der Waals surface area contributed by atoms with Gasteiger partial charge >= 0.3 is 0 Å². The predicted molar refractivity (Wildman–Crippen MR) is 108 cm³/mol. The van der Waals surface area contributed by atoms with E-state index in [1.54, 1.807) is 0 Å². The summed E-state index contributed by atoms with van der Waals surface area (Å²) in [7, 11) is 0. The highest BCUT2D eigenvalue weighted by Crippen LogP contribution is 2.33. The monoisotopic (exact) mass is 324 g/mol. The first-order chi connectivity index (χ1) is 12.3. The van der Waals surface area contributed by atoms with Gasteiger partial charge in [-0.1, -0.05) is 66.7 Å². The van der Waals surface area contributed by atoms with E-state index in [2.05, 4.69) is 84.3 Å². The van der Waals surface area contributed by atoms with Gasteiger partial charge in [0.1, 0.15) is 0 Å². The molecule has 2 nitrogen and oxygen atoms in total. The molecule has 0 radical (unpaired) electrons. The molecule has 0 spiro atoms. The van der Waals surface area contributed by atoms with Gasteiger partial charge in [0.05, 0.1) is 11.4 Å². The van der Waals surface area contributed by atoms with Gasteiger partial charge < -0.3 is 10.6 Å². The number of hydrogen-bond acceptors (Lipinski definition) is 2. The molecule has 0 aliphatic rings. The van der Waals surface area contributed by atoms with Crippen LogP contribution in [0.3, 0.4) is 0 Å². The molecule has 2 N–H and O–H groups in total. The zero-order chi connectivity index (χ0) is 17.1. The fourth-order valence-corrected chi connectivity index (χ4v) is 3.06. The van der Waals surface area contributed by atoms with Gasteiger partial charge in [0, 0.05) is 16.8 Å². The zero-order valence-electron chi connectivity index (χ0n) is 14.2. The molecule has 2 heteroatoms. The second-order valence-electron chi connectivity index (χ2n) is 6.14. The first-order valence-corrected chi connectivity index (χ1v) is 8.48. The van der Waals surface area contributed by atoms with E-state index in [1.165, 1.54) is 16.3 Å². The first kappa shape index (κ1) is 15.3. The fraction of sp³-hybridized carbons (Fsp3) is 0.0435. The number of fused-ring (bicyclic) bond motifs is 1. The summed E-state index contributed by atoms with van der Waals surface area (Å²) < 4.78 is 0. The predicted octanol–water partition coefficient (Wildman–Crippen LogP) is 6.64. The molecule has 4 aromatic rings. The summed E-state index contributed by atoms with van der Waals surface area (Å²) in [6, 6.07) is 31.3. The van der Waals surface area contributed by atoms with Crippen molar-refractivity contribution in [3.05, 3.63) is 96.6 Å². The quantitative estimate of drug-likeness (QED) is 0.440. The molecule has 0 bridgehead atoms. The van der Waals surface area contributed by atoms with Gasteiger partial charge in [-0.15, -0.1) is 0 Å². The van der Waals surface area contributed by atoms with Crippen molar-refractivity contribution in [1.29, 1.82) is 0 Å². The average molecular weight is 324 g/mol. The molecule has 122 valence electrons. The van der Waals surface area contributed by atoms with Crippen LogP contribution in [0.2, 0.25) is 0 Å². The van der Waals surface area contributed by atoms with Crippen molar-refractivity contribution < 1.29 is 0 Å². The number of para-hydroxylation sites is 3. The summed E-state index contributed by atoms with van der Waals surface area (Å²) in [5, 5.41) is 9.61. The van der Waals surface area contributed by atoms with Crippen molar-refractivity contribution in [3.63, 3.8) is 0 Å². The van der Waals surface area contributed by atoms with Crippen molar-refractivity contribution in [2.24, 2.45) is 0 Å². The maximum absolute atomic E-state index is 3.64. The van der Waals surface area contributed by atoms with Crippen molar-refractivity contribution in [2.45, 2.75) is 6.92 Å². The van der Waals surface area contributed by atoms with Crippen LogP contribution in [0.25, 0.3) is 10.8 Å². The van der Waals surface area contributed by atoms with Crippen LogP contribution >= 0.6 is 0 Å². The Hall–Kier alpha value is -3.26. The van der Waals surface area contributed by atoms with E-state index in [1.807, 2.05) is 24.3 Å². The molecule has 0 atom stereocenters. The van der Waals surface area contributed by atoms with Crippen LogP contribution in [0.15, 0.2) is 91.0 Å². The van der Waals surface area contributed by atoms with E-state index in [0.29, 0.717) is 0 Å². The maximum Gasteiger partial charge on any atom is 0.0623 e. The number of hydrogen-bond donors (Lipinski definition) is 2. The lowest BCUT2D eigenvalue weighted by Crippen LogP contribution is -1.99. The van der Waals surface area contributed by atoms with Gasteiger partial charge in [-0.2, -0.15) is 0 Å². The second kappa shape index (κ2) is 6.70. The van der Waals surface area contributed by atoms with E-state index >= 15 is 0 Å². The minimum atomic E-state index is 1.06. The molecule has 0 heterocycles. The number of rotatable bonds is 4. The topological polar surface area (TPSA) is 24.1 Å². The Balaban J connectivity index is 1.74. The van der Waals surface area contributed by atoms with Crippen LogP contribution in [-0.4, -0.2) is 0 Å². The highest BCUT2D eigenvalue weighted by atomic mass is 15.0. The van der Waals surface area contributed by atoms with Crippen LogP contribution in [0.5, 0.6) is 0 Å². The van der Waals surface area contributed by atoms with Crippen LogP contribution in [0, 0.1) is 6.92 Å². The Bertz CT molecular complexity index is 1010. The Morgan fingerprint density at radius 2 is 1.20 bits per heavy atom. The average Bonchev–Trinajstić information content (AvgIpc) is 2.66. The zero-order valence-corrected chi connectivity index (χ0v) is 14.2. The lowest BCUT2D eigenvalue weighted by atomic mass is 10.0. The summed E-state index contributed by atoms with van der Waals surface area (Å²) in [5.74, 6) is 0. The van der Waals surface area contributed by atoms with E-state index in [4.69, 9.17) is 0 Å². The maximum atomic E-state index is 3.64. The SMILES string of the molecule is Cc1ccc2ccccc2c1Nc1ccccc1Nc1ccccc1. The Morgan fingerprint density at radius 3 is 2.00 bits per heavy atom. The third-order valence-electron chi connectivity index (χ3n) is 4.38. The van der Waals surface area contributed by atoms with Gasteiger partial charge in [0.25, 0.3) is 0 Å². The van der Waals surface area contributed by atoms with Crippen molar-refractivity contribution >= 4 is 33.5 Å².